The molecule has 1 aromatic rings. The molecule has 0 aromatic heterocycles. The van der Waals surface area contributed by atoms with Crippen LogP contribution in [0.1, 0.15) is 23.2 Å². The summed E-state index contributed by atoms with van der Waals surface area (Å²) in [5.74, 6) is -0.0218. The van der Waals surface area contributed by atoms with Gasteiger partial charge in [0, 0.05) is 39.3 Å². The molecule has 0 bridgehead atoms. The lowest BCUT2D eigenvalue weighted by Crippen LogP contribution is -2.36. The van der Waals surface area contributed by atoms with E-state index in [1.165, 1.54) is 19.4 Å². The van der Waals surface area contributed by atoms with Crippen LogP contribution in [0.15, 0.2) is 18.2 Å². The average Bonchev–Trinajstić information content (AvgIpc) is 2.83. The minimum Gasteiger partial charge on any atom is -0.397 e. The van der Waals surface area contributed by atoms with Crippen LogP contribution >= 0.6 is 0 Å². The Labute approximate surface area is 127 Å². The summed E-state index contributed by atoms with van der Waals surface area (Å²) in [7, 11) is 7.72. The molecule has 116 valence electrons. The Morgan fingerprint density at radius 2 is 2.10 bits per heavy atom. The zero-order valence-corrected chi connectivity index (χ0v) is 13.5. The van der Waals surface area contributed by atoms with Gasteiger partial charge in [-0.1, -0.05) is 0 Å². The number of hydrogen-bond acceptors (Lipinski definition) is 4. The molecular weight excluding hydrogens is 264 g/mol. The van der Waals surface area contributed by atoms with Crippen LogP contribution in [0.2, 0.25) is 0 Å². The SMILES string of the molecule is CN(C)C(=O)c1ccc(N(C)CC2CCCN2C)c(N)c1. The first-order valence-electron chi connectivity index (χ1n) is 7.42. The van der Waals surface area contributed by atoms with E-state index < -0.39 is 0 Å². The van der Waals surface area contributed by atoms with Gasteiger partial charge >= 0.3 is 0 Å². The molecular formula is C16H26N4O. The number of likely N-dealkylation sites (N-methyl/N-ethyl adjacent to an activating group) is 2. The third-order valence-electron chi connectivity index (χ3n) is 4.25. The number of rotatable bonds is 4. The smallest absolute Gasteiger partial charge is 0.253 e. The second kappa shape index (κ2) is 6.35. The molecule has 2 rings (SSSR count). The maximum absolute atomic E-state index is 11.9. The summed E-state index contributed by atoms with van der Waals surface area (Å²) in [6.07, 6.45) is 2.50. The minimum absolute atomic E-state index is 0.0218. The standard InChI is InChI=1S/C16H26N4O/c1-18(2)16(21)12-7-8-15(14(17)10-12)20(4)11-13-6-5-9-19(13)3/h7-8,10,13H,5-6,9,11,17H2,1-4H3. The fraction of sp³-hybridized carbons (Fsp3) is 0.562. The van der Waals surface area contributed by atoms with Crippen molar-refractivity contribution in [3.05, 3.63) is 23.8 Å². The van der Waals surface area contributed by atoms with Crippen molar-refractivity contribution in [2.75, 3.05) is 51.9 Å². The summed E-state index contributed by atoms with van der Waals surface area (Å²) >= 11 is 0. The van der Waals surface area contributed by atoms with Crippen molar-refractivity contribution in [3.8, 4) is 0 Å². The number of nitrogen functional groups attached to an aromatic ring is 1. The molecule has 5 nitrogen and oxygen atoms in total. The van der Waals surface area contributed by atoms with E-state index in [-0.39, 0.29) is 5.91 Å². The fourth-order valence-electron chi connectivity index (χ4n) is 2.92. The van der Waals surface area contributed by atoms with E-state index in [1.54, 1.807) is 25.1 Å². The van der Waals surface area contributed by atoms with Gasteiger partial charge in [-0.2, -0.15) is 0 Å². The fourth-order valence-corrected chi connectivity index (χ4v) is 2.92. The first-order valence-corrected chi connectivity index (χ1v) is 7.42. The molecule has 1 aliphatic rings. The molecule has 0 aliphatic carbocycles. The molecule has 0 radical (unpaired) electrons. The van der Waals surface area contributed by atoms with Gasteiger partial charge in [0.15, 0.2) is 0 Å². The monoisotopic (exact) mass is 290 g/mol. The van der Waals surface area contributed by atoms with Crippen molar-refractivity contribution in [2.24, 2.45) is 0 Å². The van der Waals surface area contributed by atoms with Gasteiger partial charge in [0.05, 0.1) is 11.4 Å². The number of benzene rings is 1. The van der Waals surface area contributed by atoms with E-state index in [4.69, 9.17) is 5.73 Å². The zero-order valence-electron chi connectivity index (χ0n) is 13.5. The van der Waals surface area contributed by atoms with Crippen LogP contribution in [0.25, 0.3) is 0 Å². The summed E-state index contributed by atoms with van der Waals surface area (Å²) in [6, 6.07) is 6.15. The van der Waals surface area contributed by atoms with Gasteiger partial charge in [-0.3, -0.25) is 4.79 Å². The topological polar surface area (TPSA) is 52.8 Å². The lowest BCUT2D eigenvalue weighted by Gasteiger charge is -2.28. The number of nitrogens with zero attached hydrogens (tertiary/aromatic N) is 3. The Morgan fingerprint density at radius 3 is 2.62 bits per heavy atom. The van der Waals surface area contributed by atoms with E-state index >= 15 is 0 Å². The van der Waals surface area contributed by atoms with Gasteiger partial charge in [0.2, 0.25) is 0 Å². The van der Waals surface area contributed by atoms with Crippen molar-refractivity contribution in [1.29, 1.82) is 0 Å². The van der Waals surface area contributed by atoms with Gasteiger partial charge in [-0.25, -0.2) is 0 Å². The van der Waals surface area contributed by atoms with Crippen LogP contribution in [-0.2, 0) is 0 Å². The highest BCUT2D eigenvalue weighted by Gasteiger charge is 2.23. The molecule has 1 atom stereocenters. The molecule has 1 saturated heterocycles. The predicted octanol–water partition coefficient (Wildman–Crippen LogP) is 1.50. The molecule has 21 heavy (non-hydrogen) atoms. The van der Waals surface area contributed by atoms with Crippen molar-refractivity contribution in [2.45, 2.75) is 18.9 Å². The summed E-state index contributed by atoms with van der Waals surface area (Å²) < 4.78 is 0. The molecule has 0 spiro atoms. The van der Waals surface area contributed by atoms with Gasteiger partial charge in [0.1, 0.15) is 0 Å². The number of carbonyl (C=O) groups excluding carboxylic acids is 1. The zero-order chi connectivity index (χ0) is 15.6. The predicted molar refractivity (Wildman–Crippen MR) is 87.8 cm³/mol. The number of hydrogen-bond donors (Lipinski definition) is 1. The third-order valence-corrected chi connectivity index (χ3v) is 4.25. The third kappa shape index (κ3) is 3.47. The number of nitrogens with two attached hydrogens (primary N) is 1. The van der Waals surface area contributed by atoms with Gasteiger partial charge in [-0.15, -0.1) is 0 Å². The van der Waals surface area contributed by atoms with Crippen molar-refractivity contribution in [3.63, 3.8) is 0 Å². The van der Waals surface area contributed by atoms with E-state index in [0.717, 1.165) is 12.2 Å². The Bertz CT molecular complexity index is 515. The quantitative estimate of drug-likeness (QED) is 0.854. The summed E-state index contributed by atoms with van der Waals surface area (Å²) in [5, 5.41) is 0. The van der Waals surface area contributed by atoms with Crippen LogP contribution in [0, 0.1) is 0 Å². The van der Waals surface area contributed by atoms with Crippen molar-refractivity contribution in [1.82, 2.24) is 9.80 Å². The largest absolute Gasteiger partial charge is 0.397 e. The summed E-state index contributed by atoms with van der Waals surface area (Å²) in [4.78, 5) is 18.1. The van der Waals surface area contributed by atoms with Crippen LogP contribution < -0.4 is 10.6 Å². The number of likely N-dealkylation sites (tertiary alicyclic amines) is 1. The number of amides is 1. The molecule has 1 fully saturated rings. The second-order valence-electron chi connectivity index (χ2n) is 6.13. The Morgan fingerprint density at radius 1 is 1.38 bits per heavy atom. The maximum Gasteiger partial charge on any atom is 0.253 e. The first-order chi connectivity index (χ1) is 9.90. The highest BCUT2D eigenvalue weighted by atomic mass is 16.2. The Kier molecular flexibility index (Phi) is 4.73. The van der Waals surface area contributed by atoms with Gasteiger partial charge in [0.25, 0.3) is 5.91 Å². The number of anilines is 2. The van der Waals surface area contributed by atoms with E-state index in [1.807, 2.05) is 12.1 Å². The van der Waals surface area contributed by atoms with Crippen molar-refractivity contribution >= 4 is 17.3 Å². The minimum atomic E-state index is -0.0218. The Hall–Kier alpha value is -1.75. The van der Waals surface area contributed by atoms with Crippen LogP contribution in [0.5, 0.6) is 0 Å². The summed E-state index contributed by atoms with van der Waals surface area (Å²) in [6.45, 7) is 2.13. The Balaban J connectivity index is 2.11. The lowest BCUT2D eigenvalue weighted by molar-refractivity contribution is 0.0827. The molecule has 1 aromatic carbocycles. The summed E-state index contributed by atoms with van der Waals surface area (Å²) in [5.41, 5.74) is 8.42. The second-order valence-corrected chi connectivity index (χ2v) is 6.13. The van der Waals surface area contributed by atoms with Crippen LogP contribution in [0.3, 0.4) is 0 Å². The molecule has 2 N–H and O–H groups in total. The average molecular weight is 290 g/mol. The van der Waals surface area contributed by atoms with Gasteiger partial charge in [-0.05, 0) is 44.6 Å². The van der Waals surface area contributed by atoms with Crippen LogP contribution in [0.4, 0.5) is 11.4 Å². The van der Waals surface area contributed by atoms with Crippen LogP contribution in [-0.4, -0.2) is 63.0 Å². The van der Waals surface area contributed by atoms with E-state index in [0.29, 0.717) is 17.3 Å². The lowest BCUT2D eigenvalue weighted by atomic mass is 10.1. The molecule has 1 amide bonds. The highest BCUT2D eigenvalue weighted by molar-refractivity contribution is 5.95. The molecule has 1 heterocycles. The molecule has 5 heteroatoms. The number of carbonyl (C=O) groups is 1. The molecule has 1 unspecified atom stereocenters. The van der Waals surface area contributed by atoms with E-state index in [9.17, 15) is 4.79 Å². The van der Waals surface area contributed by atoms with Gasteiger partial charge < -0.3 is 20.4 Å². The molecule has 1 aliphatic heterocycles. The highest BCUT2D eigenvalue weighted by Crippen LogP contribution is 2.26. The first kappa shape index (κ1) is 15.6. The van der Waals surface area contributed by atoms with Crippen molar-refractivity contribution < 1.29 is 4.79 Å². The maximum atomic E-state index is 11.9. The normalized spacial score (nSPS) is 18.8. The molecule has 0 saturated carbocycles. The van der Waals surface area contributed by atoms with E-state index in [2.05, 4.69) is 23.9 Å².